The molecule has 25 heavy (non-hydrogen) atoms. The number of aliphatic hydroxyl groups is 3. The first-order chi connectivity index (χ1) is 11.8. The minimum atomic E-state index is -1.68. The number of nitrogens with one attached hydrogen (secondary N) is 1. The molecular weight excluding hydrogens is 352 g/mol. The van der Waals surface area contributed by atoms with Crippen LogP contribution in [0.15, 0.2) is 22.1 Å². The Morgan fingerprint density at radius 1 is 1.52 bits per heavy atom. The van der Waals surface area contributed by atoms with Crippen molar-refractivity contribution in [2.45, 2.75) is 31.0 Å². The van der Waals surface area contributed by atoms with E-state index in [2.05, 4.69) is 15.3 Å². The van der Waals surface area contributed by atoms with Crippen LogP contribution in [0.3, 0.4) is 0 Å². The summed E-state index contributed by atoms with van der Waals surface area (Å²) in [5.41, 5.74) is -2.18. The van der Waals surface area contributed by atoms with Gasteiger partial charge in [0.15, 0.2) is 6.23 Å². The molecule has 2 aromatic heterocycles. The van der Waals surface area contributed by atoms with E-state index in [0.29, 0.717) is 16.6 Å². The predicted molar refractivity (Wildman–Crippen MR) is 90.4 cm³/mol. The molecule has 1 fully saturated rings. The van der Waals surface area contributed by atoms with Crippen LogP contribution < -0.4 is 10.9 Å². The third-order valence-corrected chi connectivity index (χ3v) is 4.86. The quantitative estimate of drug-likeness (QED) is 0.594. The molecule has 0 spiro atoms. The molecule has 9 nitrogen and oxygen atoms in total. The molecule has 0 unspecified atom stereocenters. The van der Waals surface area contributed by atoms with Crippen molar-refractivity contribution in [2.24, 2.45) is 4.99 Å². The Bertz CT molecular complexity index is 957. The zero-order valence-corrected chi connectivity index (χ0v) is 13.8. The number of aromatic nitrogens is 2. The number of aliphatic hydroxyl groups excluding tert-OH is 2. The second kappa shape index (κ2) is 5.48. The number of anilines is 1. The SMILES string of the molecule is C[C@]1(O)[C@H](O)[C@@H](CO)O[C@H]1n1cc2c(Cl)cc(=O)nc3c2c1N=CN3. The highest BCUT2D eigenvalue weighted by Crippen LogP contribution is 2.45. The average Bonchev–Trinajstić information content (AvgIpc) is 3.00. The summed E-state index contributed by atoms with van der Waals surface area (Å²) in [4.78, 5) is 19.9. The molecule has 10 heteroatoms. The van der Waals surface area contributed by atoms with Crippen molar-refractivity contribution >= 4 is 40.3 Å². The van der Waals surface area contributed by atoms with Gasteiger partial charge in [-0.15, -0.1) is 0 Å². The number of aliphatic imine (C=N–C) groups is 1. The summed E-state index contributed by atoms with van der Waals surface area (Å²) in [6, 6.07) is 1.19. The van der Waals surface area contributed by atoms with Crippen LogP contribution in [-0.2, 0) is 4.74 Å². The monoisotopic (exact) mass is 366 g/mol. The number of ether oxygens (including phenoxy) is 1. The fraction of sp³-hybridized carbons (Fsp3) is 0.400. The van der Waals surface area contributed by atoms with Gasteiger partial charge >= 0.3 is 0 Å². The molecule has 2 aliphatic rings. The second-order valence-electron chi connectivity index (χ2n) is 6.22. The zero-order chi connectivity index (χ0) is 17.9. The molecule has 4 atom stereocenters. The number of rotatable bonds is 2. The van der Waals surface area contributed by atoms with Crippen molar-refractivity contribution in [3.63, 3.8) is 0 Å². The van der Waals surface area contributed by atoms with E-state index in [1.807, 2.05) is 0 Å². The van der Waals surface area contributed by atoms with Crippen molar-refractivity contribution in [2.75, 3.05) is 11.9 Å². The summed E-state index contributed by atoms with van der Waals surface area (Å²) in [5.74, 6) is 0.650. The van der Waals surface area contributed by atoms with Crippen molar-refractivity contribution in [1.82, 2.24) is 9.55 Å². The molecule has 2 aromatic rings. The van der Waals surface area contributed by atoms with Gasteiger partial charge in [0, 0.05) is 17.6 Å². The van der Waals surface area contributed by atoms with Gasteiger partial charge in [-0.25, -0.2) is 4.99 Å². The van der Waals surface area contributed by atoms with Gasteiger partial charge in [0.2, 0.25) is 0 Å². The molecule has 0 aliphatic carbocycles. The lowest BCUT2D eigenvalue weighted by Crippen LogP contribution is -2.44. The first-order valence-corrected chi connectivity index (χ1v) is 7.93. The van der Waals surface area contributed by atoms with Crippen molar-refractivity contribution < 1.29 is 20.1 Å². The van der Waals surface area contributed by atoms with Gasteiger partial charge in [-0.05, 0) is 6.92 Å². The Hall–Kier alpha value is -2.04. The second-order valence-corrected chi connectivity index (χ2v) is 6.63. The van der Waals surface area contributed by atoms with Crippen LogP contribution >= 0.6 is 11.6 Å². The van der Waals surface area contributed by atoms with E-state index in [1.165, 1.54) is 23.9 Å². The van der Waals surface area contributed by atoms with Crippen molar-refractivity contribution in [1.29, 1.82) is 0 Å². The highest BCUT2D eigenvalue weighted by atomic mass is 35.5. The molecule has 0 amide bonds. The fourth-order valence-corrected chi connectivity index (χ4v) is 3.51. The standard InChI is InChI=1S/C15H15ClN4O5/c1-15(24)11(23)8(4-21)25-14(15)20-3-6-7(16)2-9(22)19-12-10(6)13(20)18-5-17-12/h2-3,5,8,11,14,21,23-24H,4H2,1H3,(H,17,18,19,22)/t8-,11-,14-,15+/m1/s1. The molecule has 1 saturated heterocycles. The largest absolute Gasteiger partial charge is 0.394 e. The molecule has 4 N–H and O–H groups in total. The van der Waals surface area contributed by atoms with E-state index in [-0.39, 0.29) is 10.8 Å². The summed E-state index contributed by atoms with van der Waals surface area (Å²) in [6.07, 6.45) is -0.312. The summed E-state index contributed by atoms with van der Waals surface area (Å²) in [5, 5.41) is 34.2. The van der Waals surface area contributed by atoms with Gasteiger partial charge in [-0.3, -0.25) is 4.79 Å². The topological polar surface area (TPSA) is 129 Å². The minimum Gasteiger partial charge on any atom is -0.394 e. The summed E-state index contributed by atoms with van der Waals surface area (Å²) >= 11 is 6.22. The molecule has 2 aliphatic heterocycles. The van der Waals surface area contributed by atoms with Crippen LogP contribution in [-0.4, -0.2) is 55.6 Å². The lowest BCUT2D eigenvalue weighted by atomic mass is 9.96. The van der Waals surface area contributed by atoms with Crippen LogP contribution in [0.4, 0.5) is 11.6 Å². The highest BCUT2D eigenvalue weighted by Gasteiger charge is 2.53. The van der Waals surface area contributed by atoms with E-state index in [0.717, 1.165) is 0 Å². The Morgan fingerprint density at radius 2 is 2.28 bits per heavy atom. The lowest BCUT2D eigenvalue weighted by Gasteiger charge is -2.28. The number of halogens is 1. The minimum absolute atomic E-state index is 0.176. The van der Waals surface area contributed by atoms with E-state index in [9.17, 15) is 20.1 Å². The third-order valence-electron chi connectivity index (χ3n) is 4.55. The number of hydrogen-bond acceptors (Lipinski definition) is 8. The molecule has 0 bridgehead atoms. The van der Waals surface area contributed by atoms with Crippen LogP contribution in [0.25, 0.3) is 10.8 Å². The zero-order valence-electron chi connectivity index (χ0n) is 13.0. The first kappa shape index (κ1) is 16.4. The predicted octanol–water partition coefficient (Wildman–Crippen LogP) is 0.137. The molecule has 0 saturated carbocycles. The van der Waals surface area contributed by atoms with Crippen LogP contribution in [0.2, 0.25) is 5.02 Å². The Kier molecular flexibility index (Phi) is 3.60. The van der Waals surface area contributed by atoms with Crippen molar-refractivity contribution in [3.05, 3.63) is 27.6 Å². The van der Waals surface area contributed by atoms with Gasteiger partial charge in [0.25, 0.3) is 5.56 Å². The van der Waals surface area contributed by atoms with Crippen LogP contribution in [0, 0.1) is 0 Å². The summed E-state index contributed by atoms with van der Waals surface area (Å²) in [6.45, 7) is 0.966. The number of hydrogen-bond donors (Lipinski definition) is 4. The molecule has 4 heterocycles. The molecule has 4 rings (SSSR count). The van der Waals surface area contributed by atoms with Crippen LogP contribution in [0.5, 0.6) is 0 Å². The maximum atomic E-state index is 11.8. The van der Waals surface area contributed by atoms with Gasteiger partial charge in [0.05, 0.1) is 23.4 Å². The van der Waals surface area contributed by atoms with Gasteiger partial charge in [-0.2, -0.15) is 4.98 Å². The molecule has 0 radical (unpaired) electrons. The van der Waals surface area contributed by atoms with E-state index in [1.54, 1.807) is 6.20 Å². The van der Waals surface area contributed by atoms with Crippen LogP contribution in [0.1, 0.15) is 13.2 Å². The Labute approximate surface area is 146 Å². The normalized spacial score (nSPS) is 30.7. The summed E-state index contributed by atoms with van der Waals surface area (Å²) < 4.78 is 7.16. The van der Waals surface area contributed by atoms with E-state index in [4.69, 9.17) is 16.3 Å². The number of nitrogens with zero attached hydrogens (tertiary/aromatic N) is 3. The third kappa shape index (κ3) is 2.28. The molecular formula is C15H15ClN4O5. The maximum absolute atomic E-state index is 11.8. The van der Waals surface area contributed by atoms with E-state index < -0.39 is 36.2 Å². The van der Waals surface area contributed by atoms with Crippen molar-refractivity contribution in [3.8, 4) is 0 Å². The average molecular weight is 367 g/mol. The maximum Gasteiger partial charge on any atom is 0.273 e. The first-order valence-electron chi connectivity index (χ1n) is 7.56. The lowest BCUT2D eigenvalue weighted by molar-refractivity contribution is -0.0955. The Balaban J connectivity index is 1.98. The smallest absolute Gasteiger partial charge is 0.273 e. The van der Waals surface area contributed by atoms with Gasteiger partial charge in [0.1, 0.15) is 29.4 Å². The Morgan fingerprint density at radius 3 is 2.96 bits per heavy atom. The van der Waals surface area contributed by atoms with Gasteiger partial charge < -0.3 is 29.9 Å². The van der Waals surface area contributed by atoms with Gasteiger partial charge in [-0.1, -0.05) is 11.6 Å². The molecule has 0 aromatic carbocycles. The fourth-order valence-electron chi connectivity index (χ4n) is 3.27. The molecule has 132 valence electrons. The summed E-state index contributed by atoms with van der Waals surface area (Å²) in [7, 11) is 0. The highest BCUT2D eigenvalue weighted by molar-refractivity contribution is 6.36. The van der Waals surface area contributed by atoms with E-state index >= 15 is 0 Å².